The molecule has 3 aromatic rings. The van der Waals surface area contributed by atoms with Crippen LogP contribution in [0.1, 0.15) is 54.6 Å². The Labute approximate surface area is 254 Å². The Morgan fingerprint density at radius 1 is 1.20 bits per heavy atom. The first-order valence-corrected chi connectivity index (χ1v) is 15.0. The van der Waals surface area contributed by atoms with Gasteiger partial charge in [0.25, 0.3) is 5.91 Å². The summed E-state index contributed by atoms with van der Waals surface area (Å²) < 4.78 is 23.5. The Bertz CT molecular complexity index is 1720. The lowest BCUT2D eigenvalue weighted by molar-refractivity contribution is -0.112. The number of likely N-dealkylation sites (N-methyl/N-ethyl adjacent to an activating group) is 1. The minimum Gasteiger partial charge on any atom is -0.492 e. The van der Waals surface area contributed by atoms with Crippen LogP contribution in [-0.4, -0.2) is 85.1 Å². The zero-order valence-corrected chi connectivity index (χ0v) is 25.1. The van der Waals surface area contributed by atoms with E-state index in [9.17, 15) is 19.5 Å². The molecule has 1 saturated heterocycles. The number of carboxylic acid groups (broad SMARTS) is 1. The van der Waals surface area contributed by atoms with Gasteiger partial charge in [-0.15, -0.1) is 0 Å². The first kappa shape index (κ1) is 29.6. The van der Waals surface area contributed by atoms with Crippen LogP contribution in [0.25, 0.3) is 10.9 Å². The van der Waals surface area contributed by atoms with Crippen molar-refractivity contribution < 1.29 is 28.7 Å². The summed E-state index contributed by atoms with van der Waals surface area (Å²) in [5, 5.41) is 13.7. The molecule has 0 radical (unpaired) electrons. The molecule has 2 aliphatic heterocycles. The van der Waals surface area contributed by atoms with Crippen LogP contribution < -0.4 is 20.0 Å². The minimum absolute atomic E-state index is 0.00313. The molecule has 0 spiro atoms. The van der Waals surface area contributed by atoms with Crippen molar-refractivity contribution in [3.8, 4) is 5.75 Å². The van der Waals surface area contributed by atoms with E-state index >= 15 is 4.39 Å². The number of piperidine rings is 1. The number of benzene rings is 2. The molecule has 1 aromatic heterocycles. The Hall–Kier alpha value is -4.45. The molecule has 2 fully saturated rings. The first-order chi connectivity index (χ1) is 21.2. The van der Waals surface area contributed by atoms with E-state index in [4.69, 9.17) is 9.57 Å². The van der Waals surface area contributed by atoms with Gasteiger partial charge < -0.3 is 29.0 Å². The number of para-hydroxylation sites is 1. The van der Waals surface area contributed by atoms with E-state index in [0.29, 0.717) is 44.0 Å². The predicted molar refractivity (Wildman–Crippen MR) is 165 cm³/mol. The van der Waals surface area contributed by atoms with Crippen LogP contribution in [0, 0.1) is 5.82 Å². The number of aromatic carboxylic acids is 1. The van der Waals surface area contributed by atoms with Gasteiger partial charge in [-0.3, -0.25) is 14.5 Å². The monoisotopic (exact) mass is 605 g/mol. The number of carbonyl (C=O) groups excluding carboxylic acids is 1. The molecule has 3 heterocycles. The molecule has 11 nitrogen and oxygen atoms in total. The number of rotatable bonds is 10. The van der Waals surface area contributed by atoms with Crippen molar-refractivity contribution in [2.75, 3.05) is 56.7 Å². The zero-order valence-electron chi connectivity index (χ0n) is 25.1. The number of carboxylic acids is 1. The van der Waals surface area contributed by atoms with Crippen molar-refractivity contribution in [2.24, 2.45) is 5.16 Å². The number of methoxy groups -OCH3 is 1. The fourth-order valence-electron chi connectivity index (χ4n) is 6.38. The third-order valence-electron chi connectivity index (χ3n) is 8.77. The summed E-state index contributed by atoms with van der Waals surface area (Å²) in [5.74, 6) is -1.92. The Kier molecular flexibility index (Phi) is 8.02. The highest BCUT2D eigenvalue weighted by Crippen LogP contribution is 2.44. The molecule has 1 unspecified atom stereocenters. The van der Waals surface area contributed by atoms with Gasteiger partial charge in [0.05, 0.1) is 23.7 Å². The molecule has 1 aliphatic carbocycles. The summed E-state index contributed by atoms with van der Waals surface area (Å²) in [6.45, 7) is 4.32. The second-order valence-electron chi connectivity index (χ2n) is 11.5. The molecule has 1 N–H and O–H groups in total. The van der Waals surface area contributed by atoms with Gasteiger partial charge in [0.1, 0.15) is 17.9 Å². The topological polar surface area (TPSA) is 117 Å². The number of nitrogens with zero attached hydrogens (tertiary/aromatic N) is 5. The molecule has 1 saturated carbocycles. The fraction of sp³-hybridized carbons (Fsp3) is 0.438. The van der Waals surface area contributed by atoms with E-state index in [0.717, 1.165) is 43.0 Å². The van der Waals surface area contributed by atoms with Gasteiger partial charge in [-0.05, 0) is 51.8 Å². The summed E-state index contributed by atoms with van der Waals surface area (Å²) in [4.78, 5) is 49.2. The molecule has 1 atom stereocenters. The van der Waals surface area contributed by atoms with Crippen molar-refractivity contribution in [3.63, 3.8) is 0 Å². The lowest BCUT2D eigenvalue weighted by Gasteiger charge is -2.40. The number of hydrogen-bond donors (Lipinski definition) is 1. The lowest BCUT2D eigenvalue weighted by atomic mass is 10.0. The molecule has 3 aliphatic rings. The average molecular weight is 606 g/mol. The quantitative estimate of drug-likeness (QED) is 0.347. The summed E-state index contributed by atoms with van der Waals surface area (Å²) in [5.41, 5.74) is 1.43. The van der Waals surface area contributed by atoms with Crippen LogP contribution in [0.4, 0.5) is 15.8 Å². The van der Waals surface area contributed by atoms with Gasteiger partial charge in [-0.2, -0.15) is 0 Å². The number of carbonyl (C=O) groups is 2. The van der Waals surface area contributed by atoms with Gasteiger partial charge >= 0.3 is 5.97 Å². The number of ether oxygens (including phenoxy) is 1. The van der Waals surface area contributed by atoms with Gasteiger partial charge in [-0.25, -0.2) is 9.18 Å². The molecule has 44 heavy (non-hydrogen) atoms. The standard InChI is InChI=1S/C32H36FN5O6/c1-4-44-34-26-21-9-5-6-10-25(21)37(31(26)40)15-14-35(2)20-8-7-13-36(17-20)28-24(33)16-22-27(30(28)43-3)38(19-11-12-19)18-23(29(22)39)32(41)42/h5-6,9-10,16,18-20H,4,7-8,11-15,17H2,1-3H3,(H,41,42)/b34-26+. The molecule has 232 valence electrons. The summed E-state index contributed by atoms with van der Waals surface area (Å²) >= 11 is 0. The van der Waals surface area contributed by atoms with Crippen molar-refractivity contribution in [1.82, 2.24) is 9.47 Å². The van der Waals surface area contributed by atoms with E-state index in [1.165, 1.54) is 13.3 Å². The van der Waals surface area contributed by atoms with E-state index in [1.807, 2.05) is 43.1 Å². The Balaban J connectivity index is 1.26. The molecule has 1 amide bonds. The number of pyridine rings is 1. The Morgan fingerprint density at radius 3 is 2.68 bits per heavy atom. The second-order valence-corrected chi connectivity index (χ2v) is 11.5. The number of aromatic nitrogens is 1. The zero-order chi connectivity index (χ0) is 31.1. The summed E-state index contributed by atoms with van der Waals surface area (Å²) in [6, 6.07) is 8.78. The van der Waals surface area contributed by atoms with E-state index in [1.54, 1.807) is 9.47 Å². The van der Waals surface area contributed by atoms with Crippen molar-refractivity contribution >= 4 is 39.9 Å². The maximum absolute atomic E-state index is 15.9. The van der Waals surface area contributed by atoms with Crippen LogP contribution in [0.5, 0.6) is 5.75 Å². The molecule has 6 rings (SSSR count). The number of anilines is 2. The molecular formula is C32H36FN5O6. The van der Waals surface area contributed by atoms with Crippen molar-refractivity contribution in [1.29, 1.82) is 0 Å². The van der Waals surface area contributed by atoms with Crippen LogP contribution in [0.3, 0.4) is 0 Å². The highest BCUT2D eigenvalue weighted by atomic mass is 19.1. The van der Waals surface area contributed by atoms with E-state index < -0.39 is 17.2 Å². The summed E-state index contributed by atoms with van der Waals surface area (Å²) in [7, 11) is 3.45. The minimum atomic E-state index is -1.34. The maximum Gasteiger partial charge on any atom is 0.341 e. The van der Waals surface area contributed by atoms with Crippen molar-refractivity contribution in [3.05, 3.63) is 63.7 Å². The van der Waals surface area contributed by atoms with Gasteiger partial charge in [-0.1, -0.05) is 23.4 Å². The van der Waals surface area contributed by atoms with Crippen LogP contribution >= 0.6 is 0 Å². The number of hydrogen-bond acceptors (Lipinski definition) is 8. The molecule has 0 bridgehead atoms. The number of amides is 1. The van der Waals surface area contributed by atoms with E-state index in [2.05, 4.69) is 10.1 Å². The Morgan fingerprint density at radius 2 is 1.98 bits per heavy atom. The molecule has 12 heteroatoms. The molecular weight excluding hydrogens is 569 g/mol. The van der Waals surface area contributed by atoms with Crippen LogP contribution in [0.2, 0.25) is 0 Å². The highest BCUT2D eigenvalue weighted by Gasteiger charge is 2.36. The smallest absolute Gasteiger partial charge is 0.341 e. The lowest BCUT2D eigenvalue weighted by Crippen LogP contribution is -2.49. The van der Waals surface area contributed by atoms with Crippen molar-refractivity contribution in [2.45, 2.75) is 44.7 Å². The average Bonchev–Trinajstić information content (AvgIpc) is 3.83. The number of fused-ring (bicyclic) bond motifs is 2. The maximum atomic E-state index is 15.9. The highest BCUT2D eigenvalue weighted by molar-refractivity contribution is 6.54. The van der Waals surface area contributed by atoms with Gasteiger partial charge in [0, 0.05) is 50.0 Å². The van der Waals surface area contributed by atoms with Gasteiger partial charge in [0.2, 0.25) is 5.43 Å². The fourth-order valence-corrected chi connectivity index (χ4v) is 6.38. The van der Waals surface area contributed by atoms with Crippen LogP contribution in [-0.2, 0) is 9.63 Å². The first-order valence-electron chi connectivity index (χ1n) is 15.0. The number of oxime groups is 1. The number of halogens is 1. The predicted octanol–water partition coefficient (Wildman–Crippen LogP) is 3.87. The van der Waals surface area contributed by atoms with Crippen LogP contribution in [0.15, 0.2) is 46.5 Å². The third-order valence-corrected chi connectivity index (χ3v) is 8.77. The van der Waals surface area contributed by atoms with E-state index in [-0.39, 0.29) is 40.4 Å². The second kappa shape index (κ2) is 11.9. The molecule has 2 aromatic carbocycles. The normalized spacial score (nSPS) is 19.2. The van der Waals surface area contributed by atoms with Gasteiger partial charge in [0.15, 0.2) is 17.3 Å². The summed E-state index contributed by atoms with van der Waals surface area (Å²) in [6.07, 6.45) is 4.74. The third kappa shape index (κ3) is 5.17. The largest absolute Gasteiger partial charge is 0.492 e. The SMILES string of the molecule is CCO/N=C1/C(=O)N(CCN(C)C2CCCN(c3c(F)cc4c(=O)c(C(=O)O)cn(C5CC5)c4c3OC)C2)c2ccccc21.